The monoisotopic (exact) mass is 359 g/mol. The Morgan fingerprint density at radius 2 is 2.25 bits per heavy atom. The summed E-state index contributed by atoms with van der Waals surface area (Å²) in [6.07, 6.45) is -2.97. The van der Waals surface area contributed by atoms with E-state index in [0.29, 0.717) is 23.5 Å². The number of benzene rings is 1. The maximum Gasteiger partial charge on any atom is 0.416 e. The predicted molar refractivity (Wildman–Crippen MR) is 89.3 cm³/mol. The van der Waals surface area contributed by atoms with E-state index in [-0.39, 0.29) is 17.8 Å². The number of amides is 1. The van der Waals surface area contributed by atoms with Gasteiger partial charge in [0.05, 0.1) is 17.9 Å². The largest absolute Gasteiger partial charge is 0.416 e. The topological polar surface area (TPSA) is 29.5 Å². The highest BCUT2D eigenvalue weighted by Gasteiger charge is 2.34. The second kappa shape index (κ2) is 7.61. The lowest BCUT2D eigenvalue weighted by Gasteiger charge is -2.26. The number of ether oxygens (including phenoxy) is 1. The van der Waals surface area contributed by atoms with E-state index in [2.05, 4.69) is 6.58 Å². The highest BCUT2D eigenvalue weighted by molar-refractivity contribution is 8.00. The van der Waals surface area contributed by atoms with E-state index in [1.165, 1.54) is 28.8 Å². The fourth-order valence-corrected chi connectivity index (χ4v) is 3.54. The molecule has 0 N–H and O–H groups in total. The summed E-state index contributed by atoms with van der Waals surface area (Å²) in [4.78, 5) is 14.8. The zero-order valence-electron chi connectivity index (χ0n) is 13.6. The number of rotatable bonds is 4. The number of thioether (sulfide) groups is 1. The van der Waals surface area contributed by atoms with Crippen LogP contribution in [0.25, 0.3) is 0 Å². The van der Waals surface area contributed by atoms with Crippen LogP contribution in [-0.4, -0.2) is 30.4 Å². The van der Waals surface area contributed by atoms with Crippen LogP contribution in [0.1, 0.15) is 25.8 Å². The lowest BCUT2D eigenvalue weighted by molar-refractivity contribution is -0.137. The standard InChI is InChI=1S/C17H20F3NO2S/c1-4-9-23-12(3)16(22)21-8-7-11(2)24-15-6-5-13(10-14(15)21)17(18,19)20/h4-6,10-12H,1,7-9H2,2-3H3. The summed E-state index contributed by atoms with van der Waals surface area (Å²) >= 11 is 1.48. The first-order valence-electron chi connectivity index (χ1n) is 7.65. The van der Waals surface area contributed by atoms with Crippen LogP contribution in [0.15, 0.2) is 35.7 Å². The van der Waals surface area contributed by atoms with Crippen molar-refractivity contribution in [1.29, 1.82) is 0 Å². The van der Waals surface area contributed by atoms with E-state index in [9.17, 15) is 18.0 Å². The van der Waals surface area contributed by atoms with Crippen molar-refractivity contribution < 1.29 is 22.7 Å². The van der Waals surface area contributed by atoms with Gasteiger partial charge in [-0.2, -0.15) is 13.2 Å². The number of hydrogen-bond acceptors (Lipinski definition) is 3. The first kappa shape index (κ1) is 18.9. The van der Waals surface area contributed by atoms with Crippen LogP contribution in [0.5, 0.6) is 0 Å². The number of anilines is 1. The van der Waals surface area contributed by atoms with Gasteiger partial charge < -0.3 is 9.64 Å². The van der Waals surface area contributed by atoms with Gasteiger partial charge in [0.1, 0.15) is 6.10 Å². The molecule has 132 valence electrons. The average molecular weight is 359 g/mol. The van der Waals surface area contributed by atoms with Gasteiger partial charge in [-0.15, -0.1) is 18.3 Å². The van der Waals surface area contributed by atoms with Crippen LogP contribution in [0.4, 0.5) is 18.9 Å². The Bertz CT molecular complexity index is 618. The first-order chi connectivity index (χ1) is 11.2. The molecule has 0 bridgehead atoms. The van der Waals surface area contributed by atoms with Gasteiger partial charge in [-0.25, -0.2) is 0 Å². The molecule has 1 aromatic carbocycles. The lowest BCUT2D eigenvalue weighted by Crippen LogP contribution is -2.40. The molecule has 0 aliphatic carbocycles. The van der Waals surface area contributed by atoms with Crippen molar-refractivity contribution in [3.8, 4) is 0 Å². The normalized spacial score (nSPS) is 19.4. The molecule has 24 heavy (non-hydrogen) atoms. The Morgan fingerprint density at radius 3 is 2.88 bits per heavy atom. The van der Waals surface area contributed by atoms with Crippen molar-refractivity contribution in [3.05, 3.63) is 36.4 Å². The fourth-order valence-electron chi connectivity index (χ4n) is 2.44. The molecule has 0 saturated carbocycles. The minimum Gasteiger partial charge on any atom is -0.365 e. The van der Waals surface area contributed by atoms with E-state index in [1.54, 1.807) is 6.92 Å². The number of carbonyl (C=O) groups excluding carboxylic acids is 1. The predicted octanol–water partition coefficient (Wildman–Crippen LogP) is 4.51. The Balaban J connectivity index is 2.39. The highest BCUT2D eigenvalue weighted by atomic mass is 32.2. The van der Waals surface area contributed by atoms with Crippen LogP contribution in [0.2, 0.25) is 0 Å². The number of hydrogen-bond donors (Lipinski definition) is 0. The number of nitrogens with zero attached hydrogens (tertiary/aromatic N) is 1. The maximum absolute atomic E-state index is 13.0. The van der Waals surface area contributed by atoms with Gasteiger partial charge in [-0.05, 0) is 31.5 Å². The SMILES string of the molecule is C=CCOC(C)C(=O)N1CCC(C)Sc2ccc(C(F)(F)F)cc21. The van der Waals surface area contributed by atoms with Crippen LogP contribution in [0.3, 0.4) is 0 Å². The molecule has 1 aliphatic rings. The third-order valence-corrected chi connectivity index (χ3v) is 4.98. The smallest absolute Gasteiger partial charge is 0.365 e. The van der Waals surface area contributed by atoms with Crippen molar-refractivity contribution in [3.63, 3.8) is 0 Å². The van der Waals surface area contributed by atoms with Gasteiger partial charge in [0, 0.05) is 16.7 Å². The molecule has 1 heterocycles. The molecule has 2 rings (SSSR count). The third-order valence-electron chi connectivity index (χ3n) is 3.74. The Hall–Kier alpha value is -1.47. The van der Waals surface area contributed by atoms with Crippen molar-refractivity contribution >= 4 is 23.4 Å². The molecule has 1 aromatic rings. The number of fused-ring (bicyclic) bond motifs is 1. The van der Waals surface area contributed by atoms with E-state index in [4.69, 9.17) is 4.74 Å². The first-order valence-corrected chi connectivity index (χ1v) is 8.53. The molecule has 1 amide bonds. The third kappa shape index (κ3) is 4.33. The van der Waals surface area contributed by atoms with Gasteiger partial charge in [0.15, 0.2) is 0 Å². The zero-order chi connectivity index (χ0) is 17.9. The van der Waals surface area contributed by atoms with Crippen LogP contribution in [0, 0.1) is 0 Å². The average Bonchev–Trinajstić information content (AvgIpc) is 2.68. The number of alkyl halides is 3. The molecular formula is C17H20F3NO2S. The molecule has 0 saturated heterocycles. The molecular weight excluding hydrogens is 339 g/mol. The maximum atomic E-state index is 13.0. The Labute approximate surface area is 143 Å². The summed E-state index contributed by atoms with van der Waals surface area (Å²) in [6.45, 7) is 7.70. The molecule has 0 fully saturated rings. The van der Waals surface area contributed by atoms with Gasteiger partial charge in [-0.1, -0.05) is 13.0 Å². The molecule has 0 aromatic heterocycles. The molecule has 2 unspecified atom stereocenters. The summed E-state index contributed by atoms with van der Waals surface area (Å²) in [5.74, 6) is -0.341. The van der Waals surface area contributed by atoms with Crippen molar-refractivity contribution in [2.45, 2.75) is 42.7 Å². The van der Waals surface area contributed by atoms with E-state index >= 15 is 0 Å². The molecule has 3 nitrogen and oxygen atoms in total. The van der Waals surface area contributed by atoms with E-state index in [0.717, 1.165) is 12.1 Å². The number of halogens is 3. The van der Waals surface area contributed by atoms with Crippen LogP contribution >= 0.6 is 11.8 Å². The van der Waals surface area contributed by atoms with Gasteiger partial charge in [0.2, 0.25) is 0 Å². The van der Waals surface area contributed by atoms with Gasteiger partial charge in [-0.3, -0.25) is 4.79 Å². The summed E-state index contributed by atoms with van der Waals surface area (Å²) in [6, 6.07) is 3.56. The molecule has 7 heteroatoms. The fraction of sp³-hybridized carbons (Fsp3) is 0.471. The quantitative estimate of drug-likeness (QED) is 0.741. The van der Waals surface area contributed by atoms with Crippen LogP contribution in [-0.2, 0) is 15.7 Å². The lowest BCUT2D eigenvalue weighted by atomic mass is 10.1. The zero-order valence-corrected chi connectivity index (χ0v) is 14.4. The summed E-state index contributed by atoms with van der Waals surface area (Å²) < 4.78 is 44.5. The molecule has 1 aliphatic heterocycles. The van der Waals surface area contributed by atoms with Crippen molar-refractivity contribution in [1.82, 2.24) is 0 Å². The Kier molecular flexibility index (Phi) is 5.98. The minimum atomic E-state index is -4.45. The summed E-state index contributed by atoms with van der Waals surface area (Å²) in [7, 11) is 0. The van der Waals surface area contributed by atoms with Crippen LogP contribution < -0.4 is 4.90 Å². The molecule has 2 atom stereocenters. The van der Waals surface area contributed by atoms with Gasteiger partial charge >= 0.3 is 6.18 Å². The molecule has 0 radical (unpaired) electrons. The Morgan fingerprint density at radius 1 is 1.54 bits per heavy atom. The second-order valence-electron chi connectivity index (χ2n) is 5.65. The van der Waals surface area contributed by atoms with Crippen molar-refractivity contribution in [2.75, 3.05) is 18.1 Å². The minimum absolute atomic E-state index is 0.210. The van der Waals surface area contributed by atoms with Crippen molar-refractivity contribution in [2.24, 2.45) is 0 Å². The van der Waals surface area contributed by atoms with E-state index in [1.807, 2.05) is 6.92 Å². The van der Waals surface area contributed by atoms with Gasteiger partial charge in [0.25, 0.3) is 5.91 Å². The number of carbonyl (C=O) groups is 1. The highest BCUT2D eigenvalue weighted by Crippen LogP contribution is 2.41. The summed E-state index contributed by atoms with van der Waals surface area (Å²) in [5.41, 5.74) is -0.452. The summed E-state index contributed by atoms with van der Waals surface area (Å²) in [5, 5.41) is 0.211. The van der Waals surface area contributed by atoms with E-state index < -0.39 is 17.8 Å². The second-order valence-corrected chi connectivity index (χ2v) is 7.13. The molecule has 0 spiro atoms.